The number of thiocarbonyl (C=S) groups is 1. The van der Waals surface area contributed by atoms with Crippen LogP contribution in [0.1, 0.15) is 0 Å². The molecule has 0 fully saturated rings. The van der Waals surface area contributed by atoms with E-state index in [1.54, 1.807) is 31.6 Å². The molecule has 0 radical (unpaired) electrons. The third kappa shape index (κ3) is 4.27. The van der Waals surface area contributed by atoms with Crippen molar-refractivity contribution in [2.24, 2.45) is 4.36 Å². The first-order chi connectivity index (χ1) is 10.0. The number of rotatable bonds is 3. The second kappa shape index (κ2) is 6.69. The Morgan fingerprint density at radius 1 is 1.19 bits per heavy atom. The number of nitrogens with zero attached hydrogens (tertiary/aromatic N) is 1. The summed E-state index contributed by atoms with van der Waals surface area (Å²) >= 11 is 5.17. The molecule has 0 heterocycles. The summed E-state index contributed by atoms with van der Waals surface area (Å²) < 4.78 is 21.9. The number of hydrogen-bond donors (Lipinski definition) is 1. The van der Waals surface area contributed by atoms with Gasteiger partial charge in [0, 0.05) is 22.9 Å². The molecule has 4 nitrogen and oxygen atoms in total. The van der Waals surface area contributed by atoms with Crippen LogP contribution < -0.4 is 10.1 Å². The van der Waals surface area contributed by atoms with E-state index >= 15 is 0 Å². The molecule has 1 N–H and O–H groups in total. The summed E-state index contributed by atoms with van der Waals surface area (Å²) in [6, 6.07) is 16.4. The van der Waals surface area contributed by atoms with Crippen molar-refractivity contribution in [3.05, 3.63) is 54.6 Å². The zero-order chi connectivity index (χ0) is 15.3. The average molecular weight is 320 g/mol. The predicted molar refractivity (Wildman–Crippen MR) is 90.4 cm³/mol. The van der Waals surface area contributed by atoms with E-state index < -0.39 is 9.73 Å². The zero-order valence-corrected chi connectivity index (χ0v) is 13.4. The third-order valence-corrected chi connectivity index (χ3v) is 4.75. The van der Waals surface area contributed by atoms with Crippen LogP contribution in [0.15, 0.2) is 63.9 Å². The van der Waals surface area contributed by atoms with Gasteiger partial charge >= 0.3 is 0 Å². The van der Waals surface area contributed by atoms with Crippen LogP contribution in [0.5, 0.6) is 5.75 Å². The van der Waals surface area contributed by atoms with Crippen molar-refractivity contribution in [3.63, 3.8) is 0 Å². The summed E-state index contributed by atoms with van der Waals surface area (Å²) in [6.45, 7) is 0. The van der Waals surface area contributed by atoms with Crippen LogP contribution in [0.25, 0.3) is 0 Å². The van der Waals surface area contributed by atoms with Gasteiger partial charge < -0.3 is 10.1 Å². The maximum atomic E-state index is 12.6. The van der Waals surface area contributed by atoms with E-state index in [-0.39, 0.29) is 5.11 Å². The highest BCUT2D eigenvalue weighted by Crippen LogP contribution is 2.17. The molecule has 21 heavy (non-hydrogen) atoms. The van der Waals surface area contributed by atoms with E-state index in [1.165, 1.54) is 0 Å². The van der Waals surface area contributed by atoms with Gasteiger partial charge in [-0.1, -0.05) is 24.3 Å². The molecule has 6 heteroatoms. The Balaban J connectivity index is 2.21. The van der Waals surface area contributed by atoms with Gasteiger partial charge in [0.25, 0.3) is 0 Å². The van der Waals surface area contributed by atoms with Crippen LogP contribution in [0.2, 0.25) is 0 Å². The molecule has 0 amide bonds. The Kier molecular flexibility index (Phi) is 4.93. The molecule has 0 unspecified atom stereocenters. The van der Waals surface area contributed by atoms with Crippen LogP contribution in [0.4, 0.5) is 5.69 Å². The lowest BCUT2D eigenvalue weighted by atomic mass is 10.3. The molecule has 0 aliphatic rings. The fourth-order valence-electron chi connectivity index (χ4n) is 1.73. The van der Waals surface area contributed by atoms with E-state index in [9.17, 15) is 4.21 Å². The van der Waals surface area contributed by atoms with Crippen molar-refractivity contribution in [1.29, 1.82) is 0 Å². The van der Waals surface area contributed by atoms with Crippen molar-refractivity contribution in [2.45, 2.75) is 4.90 Å². The quantitative estimate of drug-likeness (QED) is 0.879. The first-order valence-electron chi connectivity index (χ1n) is 6.23. The van der Waals surface area contributed by atoms with Crippen molar-refractivity contribution < 1.29 is 8.95 Å². The number of methoxy groups -OCH3 is 1. The highest BCUT2D eigenvalue weighted by molar-refractivity contribution is 7.94. The SMILES string of the molecule is COc1cccc(NC(=S)N=[S@@](C)(=O)c2ccccc2)c1. The van der Waals surface area contributed by atoms with Crippen molar-refractivity contribution in [1.82, 2.24) is 0 Å². The topological polar surface area (TPSA) is 50.7 Å². The van der Waals surface area contributed by atoms with Crippen molar-refractivity contribution in [3.8, 4) is 5.75 Å². The Hall–Kier alpha value is -1.92. The van der Waals surface area contributed by atoms with Gasteiger partial charge in [0.15, 0.2) is 0 Å². The molecule has 0 aliphatic carbocycles. The number of hydrogen-bond acceptors (Lipinski definition) is 3. The maximum Gasteiger partial charge on any atom is 0.206 e. The van der Waals surface area contributed by atoms with Crippen molar-refractivity contribution >= 4 is 32.7 Å². The molecular weight excluding hydrogens is 304 g/mol. The van der Waals surface area contributed by atoms with Crippen LogP contribution in [0.3, 0.4) is 0 Å². The van der Waals surface area contributed by atoms with Gasteiger partial charge in [-0.25, -0.2) is 4.21 Å². The molecule has 0 saturated heterocycles. The highest BCUT2D eigenvalue weighted by atomic mass is 32.2. The summed E-state index contributed by atoms with van der Waals surface area (Å²) in [6.07, 6.45) is 1.57. The Morgan fingerprint density at radius 3 is 2.57 bits per heavy atom. The smallest absolute Gasteiger partial charge is 0.206 e. The molecule has 0 aliphatic heterocycles. The largest absolute Gasteiger partial charge is 0.497 e. The molecule has 2 aromatic rings. The molecule has 0 bridgehead atoms. The van der Waals surface area contributed by atoms with E-state index in [2.05, 4.69) is 9.68 Å². The maximum absolute atomic E-state index is 12.6. The second-order valence-corrected chi connectivity index (χ2v) is 7.01. The first kappa shape index (κ1) is 15.5. The highest BCUT2D eigenvalue weighted by Gasteiger charge is 2.07. The lowest BCUT2D eigenvalue weighted by Gasteiger charge is -2.08. The minimum absolute atomic E-state index is 0.180. The van der Waals surface area contributed by atoms with E-state index in [4.69, 9.17) is 17.0 Å². The standard InChI is InChI=1S/C15H16N2O2S2/c1-19-13-8-6-7-12(11-13)16-15(20)17-21(2,18)14-9-4-3-5-10-14/h3-11H,1-2H3,(H,16,20)/t21-/m0/s1. The fourth-order valence-corrected chi connectivity index (χ4v) is 3.41. The van der Waals surface area contributed by atoms with E-state index in [0.717, 1.165) is 5.69 Å². The molecular formula is C15H16N2O2S2. The molecule has 2 rings (SSSR count). The summed E-state index contributed by atoms with van der Waals surface area (Å²) in [4.78, 5) is 0.653. The van der Waals surface area contributed by atoms with Crippen LogP contribution in [-0.2, 0) is 9.73 Å². The summed E-state index contributed by atoms with van der Waals surface area (Å²) in [5, 5.41) is 3.13. The molecule has 1 atom stereocenters. The second-order valence-electron chi connectivity index (χ2n) is 4.37. The summed E-state index contributed by atoms with van der Waals surface area (Å²) in [5.74, 6) is 0.711. The molecule has 0 aromatic heterocycles. The molecule has 2 aromatic carbocycles. The van der Waals surface area contributed by atoms with Crippen molar-refractivity contribution in [2.75, 3.05) is 18.7 Å². The normalized spacial score (nSPS) is 13.0. The first-order valence-corrected chi connectivity index (χ1v) is 8.57. The van der Waals surface area contributed by atoms with Crippen LogP contribution in [-0.4, -0.2) is 22.7 Å². The minimum atomic E-state index is -2.56. The molecule has 0 spiro atoms. The number of benzene rings is 2. The third-order valence-electron chi connectivity index (χ3n) is 2.76. The predicted octanol–water partition coefficient (Wildman–Crippen LogP) is 3.55. The van der Waals surface area contributed by atoms with E-state index in [1.807, 2.05) is 36.4 Å². The van der Waals surface area contributed by atoms with Gasteiger partial charge in [-0.05, 0) is 36.5 Å². The van der Waals surface area contributed by atoms with Crippen LogP contribution in [0, 0.1) is 0 Å². The van der Waals surface area contributed by atoms with Gasteiger partial charge in [-0.2, -0.15) is 4.36 Å². The number of anilines is 1. The Morgan fingerprint density at radius 2 is 1.90 bits per heavy atom. The average Bonchev–Trinajstić information content (AvgIpc) is 2.47. The summed E-state index contributed by atoms with van der Waals surface area (Å²) in [5.41, 5.74) is 0.742. The van der Waals surface area contributed by atoms with Gasteiger partial charge in [-0.15, -0.1) is 0 Å². The van der Waals surface area contributed by atoms with Gasteiger partial charge in [0.05, 0.1) is 16.8 Å². The van der Waals surface area contributed by atoms with Gasteiger partial charge in [0.2, 0.25) is 5.11 Å². The lowest BCUT2D eigenvalue weighted by Crippen LogP contribution is -2.10. The molecule has 110 valence electrons. The Labute approximate surface area is 130 Å². The minimum Gasteiger partial charge on any atom is -0.497 e. The van der Waals surface area contributed by atoms with Gasteiger partial charge in [-0.3, -0.25) is 0 Å². The fraction of sp³-hybridized carbons (Fsp3) is 0.133. The van der Waals surface area contributed by atoms with Gasteiger partial charge in [0.1, 0.15) is 5.75 Å². The van der Waals surface area contributed by atoms with Crippen LogP contribution >= 0.6 is 12.2 Å². The zero-order valence-electron chi connectivity index (χ0n) is 11.8. The number of nitrogens with one attached hydrogen (secondary N) is 1. The summed E-state index contributed by atoms with van der Waals surface area (Å²) in [7, 11) is -0.962. The van der Waals surface area contributed by atoms with E-state index in [0.29, 0.717) is 10.6 Å². The number of ether oxygens (including phenoxy) is 1. The lowest BCUT2D eigenvalue weighted by molar-refractivity contribution is 0.415. The molecule has 0 saturated carbocycles. The monoisotopic (exact) mass is 320 g/mol. The Bertz CT molecular complexity index is 751.